The molecule has 2 rings (SSSR count). The van der Waals surface area contributed by atoms with Crippen LogP contribution in [0.2, 0.25) is 0 Å². The lowest BCUT2D eigenvalue weighted by atomic mass is 10.00. The molecule has 7 nitrogen and oxygen atoms in total. The van der Waals surface area contributed by atoms with E-state index in [4.69, 9.17) is 14.2 Å². The standard InChI is InChI=1S/C22H29NO6S/c1-4-28-22(24)19(15-18-8-6-5-7-9-18)16-23-30(25,26)20-10-11-21(17(2)14-20)29-13-12-27-3/h5-11,14,19,23H,4,12-13,15-16H2,1-3H3. The van der Waals surface area contributed by atoms with Crippen molar-refractivity contribution in [2.24, 2.45) is 5.92 Å². The lowest BCUT2D eigenvalue weighted by Crippen LogP contribution is -2.35. The quantitative estimate of drug-likeness (QED) is 0.407. The summed E-state index contributed by atoms with van der Waals surface area (Å²) in [4.78, 5) is 12.5. The second-order valence-electron chi connectivity index (χ2n) is 6.76. The summed E-state index contributed by atoms with van der Waals surface area (Å²) in [7, 11) is -2.22. The van der Waals surface area contributed by atoms with Crippen molar-refractivity contribution in [2.45, 2.75) is 25.2 Å². The van der Waals surface area contributed by atoms with E-state index in [0.29, 0.717) is 30.9 Å². The Morgan fingerprint density at radius 3 is 2.47 bits per heavy atom. The second-order valence-corrected chi connectivity index (χ2v) is 8.53. The summed E-state index contributed by atoms with van der Waals surface area (Å²) in [5.41, 5.74) is 1.63. The van der Waals surface area contributed by atoms with E-state index in [9.17, 15) is 13.2 Å². The summed E-state index contributed by atoms with van der Waals surface area (Å²) in [6.07, 6.45) is 0.382. The minimum Gasteiger partial charge on any atom is -0.491 e. The maximum absolute atomic E-state index is 12.8. The Morgan fingerprint density at radius 2 is 1.83 bits per heavy atom. The number of methoxy groups -OCH3 is 1. The van der Waals surface area contributed by atoms with Crippen LogP contribution < -0.4 is 9.46 Å². The predicted octanol–water partition coefficient (Wildman–Crippen LogP) is 2.72. The molecule has 0 saturated heterocycles. The number of ether oxygens (including phenoxy) is 3. The monoisotopic (exact) mass is 435 g/mol. The van der Waals surface area contributed by atoms with Crippen LogP contribution in [0.4, 0.5) is 0 Å². The molecular formula is C22H29NO6S. The molecule has 8 heteroatoms. The van der Waals surface area contributed by atoms with Crippen molar-refractivity contribution in [1.82, 2.24) is 4.72 Å². The average Bonchev–Trinajstić information content (AvgIpc) is 2.73. The van der Waals surface area contributed by atoms with Gasteiger partial charge in [0.05, 0.1) is 24.0 Å². The molecule has 0 bridgehead atoms. The number of sulfonamides is 1. The van der Waals surface area contributed by atoms with Crippen LogP contribution in [0, 0.1) is 12.8 Å². The van der Waals surface area contributed by atoms with Crippen molar-refractivity contribution in [3.8, 4) is 5.75 Å². The fourth-order valence-corrected chi connectivity index (χ4v) is 4.04. The maximum Gasteiger partial charge on any atom is 0.310 e. The third-order valence-corrected chi connectivity index (χ3v) is 5.89. The average molecular weight is 436 g/mol. The molecule has 0 radical (unpaired) electrons. The molecule has 164 valence electrons. The first-order chi connectivity index (χ1) is 14.4. The number of benzene rings is 2. The van der Waals surface area contributed by atoms with Gasteiger partial charge in [-0.2, -0.15) is 0 Å². The number of hydrogen-bond donors (Lipinski definition) is 1. The molecule has 1 unspecified atom stereocenters. The van der Waals surface area contributed by atoms with Crippen LogP contribution in [0.3, 0.4) is 0 Å². The summed E-state index contributed by atoms with van der Waals surface area (Å²) in [5.74, 6) is -0.457. The molecule has 0 aliphatic heterocycles. The number of carbonyl (C=O) groups is 1. The minimum atomic E-state index is -3.80. The second kappa shape index (κ2) is 11.7. The summed E-state index contributed by atoms with van der Waals surface area (Å²) in [6.45, 7) is 4.50. The van der Waals surface area contributed by atoms with Gasteiger partial charge in [0.25, 0.3) is 0 Å². The molecule has 0 saturated carbocycles. The molecule has 1 N–H and O–H groups in total. The van der Waals surface area contributed by atoms with Gasteiger partial charge in [-0.1, -0.05) is 30.3 Å². The number of hydrogen-bond acceptors (Lipinski definition) is 6. The molecule has 0 heterocycles. The van der Waals surface area contributed by atoms with Gasteiger partial charge < -0.3 is 14.2 Å². The molecule has 0 aromatic heterocycles. The summed E-state index contributed by atoms with van der Waals surface area (Å²) >= 11 is 0. The highest BCUT2D eigenvalue weighted by molar-refractivity contribution is 7.89. The zero-order valence-corrected chi connectivity index (χ0v) is 18.4. The largest absolute Gasteiger partial charge is 0.491 e. The van der Waals surface area contributed by atoms with Crippen LogP contribution in [0.25, 0.3) is 0 Å². The number of esters is 1. The summed E-state index contributed by atoms with van der Waals surface area (Å²) in [6, 6.07) is 14.1. The number of aryl methyl sites for hydroxylation is 1. The van der Waals surface area contributed by atoms with Gasteiger partial charge in [-0.05, 0) is 49.6 Å². The van der Waals surface area contributed by atoms with E-state index in [1.807, 2.05) is 30.3 Å². The van der Waals surface area contributed by atoms with E-state index in [-0.39, 0.29) is 18.0 Å². The summed E-state index contributed by atoms with van der Waals surface area (Å²) < 4.78 is 43.7. The van der Waals surface area contributed by atoms with E-state index in [2.05, 4.69) is 4.72 Å². The van der Waals surface area contributed by atoms with Crippen LogP contribution in [0.5, 0.6) is 5.75 Å². The van der Waals surface area contributed by atoms with Gasteiger partial charge in [-0.3, -0.25) is 4.79 Å². The fraction of sp³-hybridized carbons (Fsp3) is 0.409. The van der Waals surface area contributed by atoms with E-state index in [1.54, 1.807) is 33.1 Å². The predicted molar refractivity (Wildman–Crippen MR) is 114 cm³/mol. The number of nitrogens with one attached hydrogen (secondary N) is 1. The Kier molecular flexibility index (Phi) is 9.29. The Morgan fingerprint density at radius 1 is 1.10 bits per heavy atom. The number of carbonyl (C=O) groups excluding carboxylic acids is 1. The van der Waals surface area contributed by atoms with E-state index < -0.39 is 21.9 Å². The molecule has 30 heavy (non-hydrogen) atoms. The van der Waals surface area contributed by atoms with Gasteiger partial charge in [0, 0.05) is 13.7 Å². The minimum absolute atomic E-state index is 0.0544. The van der Waals surface area contributed by atoms with Crippen molar-refractivity contribution >= 4 is 16.0 Å². The molecular weight excluding hydrogens is 406 g/mol. The van der Waals surface area contributed by atoms with E-state index >= 15 is 0 Å². The zero-order chi connectivity index (χ0) is 22.0. The van der Waals surface area contributed by atoms with Gasteiger partial charge in [0.1, 0.15) is 12.4 Å². The molecule has 0 amide bonds. The van der Waals surface area contributed by atoms with Crippen molar-refractivity contribution in [3.63, 3.8) is 0 Å². The zero-order valence-electron chi connectivity index (χ0n) is 17.6. The van der Waals surface area contributed by atoms with E-state index in [1.165, 1.54) is 6.07 Å². The first-order valence-electron chi connectivity index (χ1n) is 9.80. The van der Waals surface area contributed by atoms with Crippen molar-refractivity contribution < 1.29 is 27.4 Å². The van der Waals surface area contributed by atoms with Gasteiger partial charge in [-0.15, -0.1) is 0 Å². The highest BCUT2D eigenvalue weighted by atomic mass is 32.2. The van der Waals surface area contributed by atoms with Crippen LogP contribution in [-0.2, 0) is 30.7 Å². The van der Waals surface area contributed by atoms with Crippen molar-refractivity contribution in [3.05, 3.63) is 59.7 Å². The Bertz CT molecular complexity index is 914. The Balaban J connectivity index is 2.09. The topological polar surface area (TPSA) is 90.9 Å². The molecule has 0 fully saturated rings. The van der Waals surface area contributed by atoms with Crippen LogP contribution >= 0.6 is 0 Å². The third-order valence-electron chi connectivity index (χ3n) is 4.47. The van der Waals surface area contributed by atoms with Crippen LogP contribution in [0.1, 0.15) is 18.1 Å². The van der Waals surface area contributed by atoms with E-state index in [0.717, 1.165) is 5.56 Å². The highest BCUT2D eigenvalue weighted by Crippen LogP contribution is 2.22. The van der Waals surface area contributed by atoms with Gasteiger partial charge in [0.2, 0.25) is 10.0 Å². The first-order valence-corrected chi connectivity index (χ1v) is 11.3. The highest BCUT2D eigenvalue weighted by Gasteiger charge is 2.24. The van der Waals surface area contributed by atoms with Crippen molar-refractivity contribution in [1.29, 1.82) is 0 Å². The van der Waals surface area contributed by atoms with Gasteiger partial charge in [0.15, 0.2) is 0 Å². The fourth-order valence-electron chi connectivity index (χ4n) is 2.88. The van der Waals surface area contributed by atoms with Crippen LogP contribution in [0.15, 0.2) is 53.4 Å². The van der Waals surface area contributed by atoms with Crippen LogP contribution in [-0.4, -0.2) is 47.9 Å². The van der Waals surface area contributed by atoms with Gasteiger partial charge in [-0.25, -0.2) is 13.1 Å². The molecule has 0 aliphatic rings. The molecule has 0 aliphatic carbocycles. The van der Waals surface area contributed by atoms with Gasteiger partial charge >= 0.3 is 5.97 Å². The lowest BCUT2D eigenvalue weighted by Gasteiger charge is -2.17. The number of rotatable bonds is 12. The molecule has 1 atom stereocenters. The summed E-state index contributed by atoms with van der Waals surface area (Å²) in [5, 5.41) is 0. The maximum atomic E-state index is 12.8. The molecule has 0 spiro atoms. The molecule has 2 aromatic rings. The smallest absolute Gasteiger partial charge is 0.310 e. The van der Waals surface area contributed by atoms with Crippen molar-refractivity contribution in [2.75, 3.05) is 33.5 Å². The third kappa shape index (κ3) is 7.12. The normalized spacial score (nSPS) is 12.4. The first kappa shape index (κ1) is 23.9. The molecule has 2 aromatic carbocycles. The lowest BCUT2D eigenvalue weighted by molar-refractivity contribution is -0.147. The Labute approximate surface area is 178 Å². The SMILES string of the molecule is CCOC(=O)C(CNS(=O)(=O)c1ccc(OCCOC)c(C)c1)Cc1ccccc1. The Hall–Kier alpha value is -2.42.